The fraction of sp³-hybridized carbons (Fsp3) is 0.588. The first-order valence-electron chi connectivity index (χ1n) is 7.70. The monoisotopic (exact) mass is 308 g/mol. The van der Waals surface area contributed by atoms with Crippen LogP contribution in [0.1, 0.15) is 25.8 Å². The highest BCUT2D eigenvalue weighted by Gasteiger charge is 2.21. The number of methoxy groups -OCH3 is 2. The Balaban J connectivity index is 2.66. The maximum atomic E-state index is 12.4. The summed E-state index contributed by atoms with van der Waals surface area (Å²) in [4.78, 5) is 14.3. The number of amides is 1. The SMILES string of the molecule is CCN(C(=O)CC(CN)OC)C(C)Cc1ccc(OC)cc1. The van der Waals surface area contributed by atoms with Gasteiger partial charge in [-0.1, -0.05) is 12.1 Å². The van der Waals surface area contributed by atoms with E-state index >= 15 is 0 Å². The van der Waals surface area contributed by atoms with Crippen LogP contribution in [0.25, 0.3) is 0 Å². The summed E-state index contributed by atoms with van der Waals surface area (Å²) in [6.07, 6.45) is 0.923. The first kappa shape index (κ1) is 18.5. The zero-order chi connectivity index (χ0) is 16.5. The lowest BCUT2D eigenvalue weighted by Gasteiger charge is -2.29. The molecular weight excluding hydrogens is 280 g/mol. The van der Waals surface area contributed by atoms with Crippen LogP contribution < -0.4 is 10.5 Å². The van der Waals surface area contributed by atoms with Crippen LogP contribution in [0.15, 0.2) is 24.3 Å². The van der Waals surface area contributed by atoms with Gasteiger partial charge in [0.1, 0.15) is 5.75 Å². The molecule has 1 rings (SSSR count). The van der Waals surface area contributed by atoms with E-state index in [0.717, 1.165) is 12.2 Å². The molecule has 0 aliphatic carbocycles. The molecule has 2 unspecified atom stereocenters. The largest absolute Gasteiger partial charge is 0.497 e. The minimum absolute atomic E-state index is 0.0841. The summed E-state index contributed by atoms with van der Waals surface area (Å²) in [5.41, 5.74) is 6.77. The number of hydrogen-bond donors (Lipinski definition) is 1. The molecule has 2 N–H and O–H groups in total. The zero-order valence-corrected chi connectivity index (χ0v) is 14.0. The molecule has 1 amide bonds. The van der Waals surface area contributed by atoms with Crippen molar-refractivity contribution in [1.29, 1.82) is 0 Å². The molecule has 0 heterocycles. The first-order chi connectivity index (χ1) is 10.5. The summed E-state index contributed by atoms with van der Waals surface area (Å²) in [5, 5.41) is 0. The maximum absolute atomic E-state index is 12.4. The molecular formula is C17H28N2O3. The van der Waals surface area contributed by atoms with E-state index in [2.05, 4.69) is 6.92 Å². The van der Waals surface area contributed by atoms with Gasteiger partial charge in [-0.05, 0) is 38.0 Å². The van der Waals surface area contributed by atoms with Crippen LogP contribution in [0.4, 0.5) is 0 Å². The molecule has 0 saturated heterocycles. The van der Waals surface area contributed by atoms with E-state index in [-0.39, 0.29) is 18.1 Å². The van der Waals surface area contributed by atoms with Crippen LogP contribution in [0.5, 0.6) is 5.75 Å². The minimum atomic E-state index is -0.213. The molecule has 2 atom stereocenters. The Kier molecular flexibility index (Phi) is 7.91. The number of ether oxygens (including phenoxy) is 2. The predicted octanol–water partition coefficient (Wildman–Crippen LogP) is 1.84. The van der Waals surface area contributed by atoms with Crippen LogP contribution in [-0.4, -0.2) is 50.3 Å². The van der Waals surface area contributed by atoms with Crippen molar-refractivity contribution in [2.75, 3.05) is 27.3 Å². The van der Waals surface area contributed by atoms with Gasteiger partial charge in [0, 0.05) is 26.2 Å². The average Bonchev–Trinajstić information content (AvgIpc) is 2.53. The second kappa shape index (κ2) is 9.43. The van der Waals surface area contributed by atoms with Gasteiger partial charge in [0.05, 0.1) is 19.6 Å². The number of carbonyl (C=O) groups is 1. The molecule has 0 aromatic heterocycles. The van der Waals surface area contributed by atoms with Gasteiger partial charge < -0.3 is 20.1 Å². The van der Waals surface area contributed by atoms with Gasteiger partial charge in [-0.2, -0.15) is 0 Å². The van der Waals surface area contributed by atoms with Crippen LogP contribution in [0.3, 0.4) is 0 Å². The summed E-state index contributed by atoms with van der Waals surface area (Å²) in [7, 11) is 3.24. The highest BCUT2D eigenvalue weighted by Crippen LogP contribution is 2.15. The third-order valence-corrected chi connectivity index (χ3v) is 3.88. The smallest absolute Gasteiger partial charge is 0.225 e. The number of carbonyl (C=O) groups excluding carboxylic acids is 1. The van der Waals surface area contributed by atoms with Crippen molar-refractivity contribution in [2.24, 2.45) is 5.73 Å². The summed E-state index contributed by atoms with van der Waals surface area (Å²) in [6.45, 7) is 5.09. The number of likely N-dealkylation sites (N-methyl/N-ethyl adjacent to an activating group) is 1. The Hall–Kier alpha value is -1.59. The quantitative estimate of drug-likeness (QED) is 0.756. The number of nitrogens with zero attached hydrogens (tertiary/aromatic N) is 1. The Morgan fingerprint density at radius 1 is 1.27 bits per heavy atom. The van der Waals surface area contributed by atoms with E-state index in [1.165, 1.54) is 5.56 Å². The van der Waals surface area contributed by atoms with Crippen molar-refractivity contribution in [1.82, 2.24) is 4.90 Å². The molecule has 0 radical (unpaired) electrons. The Bertz CT molecular complexity index is 444. The highest BCUT2D eigenvalue weighted by molar-refractivity contribution is 5.77. The number of hydrogen-bond acceptors (Lipinski definition) is 4. The topological polar surface area (TPSA) is 64.8 Å². The van der Waals surface area contributed by atoms with Gasteiger partial charge >= 0.3 is 0 Å². The molecule has 1 aromatic carbocycles. The van der Waals surface area contributed by atoms with Crippen molar-refractivity contribution in [3.05, 3.63) is 29.8 Å². The van der Waals surface area contributed by atoms with Gasteiger partial charge in [-0.25, -0.2) is 0 Å². The average molecular weight is 308 g/mol. The van der Waals surface area contributed by atoms with Gasteiger partial charge in [-0.3, -0.25) is 4.79 Å². The van der Waals surface area contributed by atoms with Crippen molar-refractivity contribution >= 4 is 5.91 Å². The molecule has 22 heavy (non-hydrogen) atoms. The van der Waals surface area contributed by atoms with E-state index in [1.807, 2.05) is 36.1 Å². The lowest BCUT2D eigenvalue weighted by molar-refractivity contribution is -0.135. The fourth-order valence-corrected chi connectivity index (χ4v) is 2.52. The summed E-state index contributed by atoms with van der Waals surface area (Å²) in [5.74, 6) is 0.923. The van der Waals surface area contributed by atoms with Crippen LogP contribution in [-0.2, 0) is 16.0 Å². The summed E-state index contributed by atoms with van der Waals surface area (Å²) < 4.78 is 10.4. The third-order valence-electron chi connectivity index (χ3n) is 3.88. The molecule has 0 spiro atoms. The van der Waals surface area contributed by atoms with Crippen LogP contribution >= 0.6 is 0 Å². The van der Waals surface area contributed by atoms with E-state index in [4.69, 9.17) is 15.2 Å². The molecule has 5 heteroatoms. The third kappa shape index (κ3) is 5.31. The van der Waals surface area contributed by atoms with Crippen molar-refractivity contribution < 1.29 is 14.3 Å². The number of benzene rings is 1. The molecule has 0 bridgehead atoms. The van der Waals surface area contributed by atoms with Crippen molar-refractivity contribution in [3.8, 4) is 5.75 Å². The Morgan fingerprint density at radius 3 is 2.36 bits per heavy atom. The molecule has 124 valence electrons. The molecule has 0 saturated carbocycles. The normalized spacial score (nSPS) is 13.5. The first-order valence-corrected chi connectivity index (χ1v) is 7.70. The minimum Gasteiger partial charge on any atom is -0.497 e. The van der Waals surface area contributed by atoms with Gasteiger partial charge in [0.2, 0.25) is 5.91 Å². The van der Waals surface area contributed by atoms with E-state index in [1.54, 1.807) is 14.2 Å². The molecule has 5 nitrogen and oxygen atoms in total. The van der Waals surface area contributed by atoms with Gasteiger partial charge in [0.25, 0.3) is 0 Å². The molecule has 0 aliphatic rings. The highest BCUT2D eigenvalue weighted by atomic mass is 16.5. The van der Waals surface area contributed by atoms with Gasteiger partial charge in [-0.15, -0.1) is 0 Å². The maximum Gasteiger partial charge on any atom is 0.225 e. The van der Waals surface area contributed by atoms with Gasteiger partial charge in [0.15, 0.2) is 0 Å². The summed E-state index contributed by atoms with van der Waals surface area (Å²) in [6, 6.07) is 8.07. The van der Waals surface area contributed by atoms with E-state index in [0.29, 0.717) is 19.5 Å². The van der Waals surface area contributed by atoms with Crippen LogP contribution in [0, 0.1) is 0 Å². The molecule has 1 aromatic rings. The van der Waals surface area contributed by atoms with Crippen molar-refractivity contribution in [3.63, 3.8) is 0 Å². The zero-order valence-electron chi connectivity index (χ0n) is 14.0. The molecule has 0 fully saturated rings. The Morgan fingerprint density at radius 2 is 1.91 bits per heavy atom. The Labute approximate surface area is 133 Å². The molecule has 0 aliphatic heterocycles. The van der Waals surface area contributed by atoms with E-state index in [9.17, 15) is 4.79 Å². The van der Waals surface area contributed by atoms with E-state index < -0.39 is 0 Å². The number of rotatable bonds is 9. The van der Waals surface area contributed by atoms with Crippen LogP contribution in [0.2, 0.25) is 0 Å². The van der Waals surface area contributed by atoms with Crippen molar-refractivity contribution in [2.45, 2.75) is 38.8 Å². The predicted molar refractivity (Wildman–Crippen MR) is 88.0 cm³/mol. The summed E-state index contributed by atoms with van der Waals surface area (Å²) >= 11 is 0. The fourth-order valence-electron chi connectivity index (χ4n) is 2.52. The second-order valence-corrected chi connectivity index (χ2v) is 5.38. The second-order valence-electron chi connectivity index (χ2n) is 5.38. The lowest BCUT2D eigenvalue weighted by Crippen LogP contribution is -2.42. The lowest BCUT2D eigenvalue weighted by atomic mass is 10.0. The standard InChI is InChI=1S/C17H28N2O3/c1-5-19(17(20)11-16(12-18)22-4)13(2)10-14-6-8-15(21-3)9-7-14/h6-9,13,16H,5,10-12,18H2,1-4H3. The number of nitrogens with two attached hydrogens (primary N) is 1.